The lowest BCUT2D eigenvalue weighted by atomic mass is 9.63. The minimum Gasteiger partial charge on any atom is -0.507 e. The van der Waals surface area contributed by atoms with Crippen LogP contribution in [0.3, 0.4) is 0 Å². The van der Waals surface area contributed by atoms with E-state index in [2.05, 4.69) is 20.8 Å². The van der Waals surface area contributed by atoms with E-state index in [1.54, 1.807) is 0 Å². The summed E-state index contributed by atoms with van der Waals surface area (Å²) in [7, 11) is 0. The van der Waals surface area contributed by atoms with Crippen LogP contribution >= 0.6 is 0 Å². The van der Waals surface area contributed by atoms with Crippen LogP contribution in [0.5, 0.6) is 11.5 Å². The number of ether oxygens (including phenoxy) is 1. The van der Waals surface area contributed by atoms with Crippen molar-refractivity contribution in [3.05, 3.63) is 34.9 Å². The summed E-state index contributed by atoms with van der Waals surface area (Å²) in [6, 6.07) is 3.88. The Bertz CT molecular complexity index is 680. The maximum absolute atomic E-state index is 10.8. The monoisotopic (exact) mass is 345 g/mol. The molecule has 1 aromatic rings. The fraction of sp³-hybridized carbons (Fsp3) is 0.619. The van der Waals surface area contributed by atoms with Crippen LogP contribution in [0.25, 0.3) is 0 Å². The molecule has 2 atom stereocenters. The maximum atomic E-state index is 10.8. The van der Waals surface area contributed by atoms with Crippen molar-refractivity contribution >= 4 is 0 Å². The van der Waals surface area contributed by atoms with E-state index in [4.69, 9.17) is 10.5 Å². The molecule has 0 saturated heterocycles. The van der Waals surface area contributed by atoms with E-state index in [1.165, 1.54) is 12.8 Å². The Kier molecular flexibility index (Phi) is 4.86. The summed E-state index contributed by atoms with van der Waals surface area (Å²) in [6.07, 6.45) is 7.99. The van der Waals surface area contributed by atoms with Crippen molar-refractivity contribution in [2.24, 2.45) is 11.7 Å². The topological polar surface area (TPSA) is 75.7 Å². The first-order chi connectivity index (χ1) is 11.8. The Hall–Kier alpha value is -1.52. The highest BCUT2D eigenvalue weighted by Gasteiger charge is 2.53. The second-order valence-corrected chi connectivity index (χ2v) is 8.14. The van der Waals surface area contributed by atoms with E-state index in [9.17, 15) is 10.2 Å². The molecular weight excluding hydrogens is 314 g/mol. The molecule has 4 heteroatoms. The van der Waals surface area contributed by atoms with Gasteiger partial charge in [0.25, 0.3) is 0 Å². The number of unbranched alkanes of at least 4 members (excludes halogenated alkanes) is 2. The molecule has 0 bridgehead atoms. The van der Waals surface area contributed by atoms with Crippen molar-refractivity contribution in [1.82, 2.24) is 0 Å². The average molecular weight is 345 g/mol. The zero-order chi connectivity index (χ0) is 18.2. The van der Waals surface area contributed by atoms with Crippen LogP contribution in [0.1, 0.15) is 64.0 Å². The lowest BCUT2D eigenvalue weighted by molar-refractivity contribution is -0.0186. The van der Waals surface area contributed by atoms with Gasteiger partial charge in [-0.2, -0.15) is 0 Å². The molecule has 0 amide bonds. The number of fused-ring (bicyclic) bond motifs is 3. The standard InChI is InChI=1S/C21H31NO3/c1-4-5-6-7-14-10-16(24)19-17(11-14)25-20(2,3)18-9-8-15(13-23)12-21(18,19)22/h10-12,18,23-24H,4-9,13,22H2,1-3H3/t18-,21-/m0/s1. The first-order valence-corrected chi connectivity index (χ1v) is 9.47. The van der Waals surface area contributed by atoms with Crippen molar-refractivity contribution in [2.75, 3.05) is 6.61 Å². The van der Waals surface area contributed by atoms with E-state index < -0.39 is 11.1 Å². The summed E-state index contributed by atoms with van der Waals surface area (Å²) in [6.45, 7) is 6.34. The number of aliphatic hydroxyl groups is 1. The van der Waals surface area contributed by atoms with E-state index in [1.807, 2.05) is 18.2 Å². The summed E-state index contributed by atoms with van der Waals surface area (Å²) in [4.78, 5) is 0. The van der Waals surface area contributed by atoms with Crippen molar-refractivity contribution < 1.29 is 14.9 Å². The predicted molar refractivity (Wildman–Crippen MR) is 99.8 cm³/mol. The van der Waals surface area contributed by atoms with Crippen LogP contribution in [0, 0.1) is 5.92 Å². The van der Waals surface area contributed by atoms with Gasteiger partial charge in [0.1, 0.15) is 17.1 Å². The molecule has 0 aromatic heterocycles. The molecule has 1 heterocycles. The number of rotatable bonds is 5. The molecule has 2 aliphatic rings. The normalized spacial score (nSPS) is 27.1. The third kappa shape index (κ3) is 3.18. The van der Waals surface area contributed by atoms with Gasteiger partial charge in [-0.15, -0.1) is 0 Å². The quantitative estimate of drug-likeness (QED) is 0.561. The summed E-state index contributed by atoms with van der Waals surface area (Å²) in [5.74, 6) is 0.952. The van der Waals surface area contributed by atoms with Crippen LogP contribution in [-0.2, 0) is 12.0 Å². The Morgan fingerprint density at radius 2 is 2.04 bits per heavy atom. The number of phenolic OH excluding ortho intramolecular Hbond substituents is 1. The Morgan fingerprint density at radius 3 is 2.72 bits per heavy atom. The molecule has 138 valence electrons. The largest absolute Gasteiger partial charge is 0.507 e. The van der Waals surface area contributed by atoms with Gasteiger partial charge in [-0.05, 0) is 62.8 Å². The summed E-state index contributed by atoms with van der Waals surface area (Å²) in [5.41, 5.74) is 8.33. The van der Waals surface area contributed by atoms with E-state index in [0.29, 0.717) is 11.3 Å². The number of nitrogens with two attached hydrogens (primary N) is 1. The molecule has 0 unspecified atom stereocenters. The zero-order valence-electron chi connectivity index (χ0n) is 15.6. The molecule has 1 aliphatic heterocycles. The lowest BCUT2D eigenvalue weighted by Crippen LogP contribution is -2.58. The smallest absolute Gasteiger partial charge is 0.129 e. The number of benzene rings is 1. The summed E-state index contributed by atoms with van der Waals surface area (Å²) in [5, 5.41) is 20.4. The molecule has 0 fully saturated rings. The van der Waals surface area contributed by atoms with Gasteiger partial charge in [0.05, 0.1) is 17.7 Å². The minimum absolute atomic E-state index is 0.0121. The van der Waals surface area contributed by atoms with Crippen LogP contribution in [0.2, 0.25) is 0 Å². The van der Waals surface area contributed by atoms with Gasteiger partial charge in [0, 0.05) is 5.92 Å². The van der Waals surface area contributed by atoms with E-state index >= 15 is 0 Å². The molecule has 0 spiro atoms. The number of hydrogen-bond donors (Lipinski definition) is 3. The van der Waals surface area contributed by atoms with Gasteiger partial charge in [-0.1, -0.05) is 25.8 Å². The highest BCUT2D eigenvalue weighted by Crippen LogP contribution is 2.54. The minimum atomic E-state index is -0.806. The molecule has 1 aliphatic carbocycles. The summed E-state index contributed by atoms with van der Waals surface area (Å²) >= 11 is 0. The maximum Gasteiger partial charge on any atom is 0.129 e. The fourth-order valence-electron chi connectivity index (χ4n) is 4.62. The summed E-state index contributed by atoms with van der Waals surface area (Å²) < 4.78 is 6.32. The Labute approximate surface area is 150 Å². The van der Waals surface area contributed by atoms with Crippen LogP contribution in [0.15, 0.2) is 23.8 Å². The Balaban J connectivity index is 2.08. The Morgan fingerprint density at radius 1 is 1.28 bits per heavy atom. The number of aromatic hydroxyl groups is 1. The molecule has 0 saturated carbocycles. The van der Waals surface area contributed by atoms with Gasteiger partial charge in [-0.3, -0.25) is 0 Å². The third-order valence-electron chi connectivity index (χ3n) is 5.83. The first-order valence-electron chi connectivity index (χ1n) is 9.47. The molecule has 4 N–H and O–H groups in total. The number of phenols is 1. The van der Waals surface area contributed by atoms with Crippen LogP contribution < -0.4 is 10.5 Å². The predicted octanol–water partition coefficient (Wildman–Crippen LogP) is 3.78. The van der Waals surface area contributed by atoms with Crippen molar-refractivity contribution in [3.63, 3.8) is 0 Å². The molecular formula is C21H31NO3. The highest BCUT2D eigenvalue weighted by molar-refractivity contribution is 5.56. The first kappa shape index (κ1) is 18.3. The average Bonchev–Trinajstić information content (AvgIpc) is 2.53. The third-order valence-corrected chi connectivity index (χ3v) is 5.83. The van der Waals surface area contributed by atoms with E-state index in [-0.39, 0.29) is 18.3 Å². The van der Waals surface area contributed by atoms with Crippen LogP contribution in [0.4, 0.5) is 0 Å². The van der Waals surface area contributed by atoms with Gasteiger partial charge >= 0.3 is 0 Å². The van der Waals surface area contributed by atoms with Crippen molar-refractivity contribution in [3.8, 4) is 11.5 Å². The second-order valence-electron chi connectivity index (χ2n) is 8.14. The SMILES string of the molecule is CCCCCc1cc(O)c2c(c1)OC(C)(C)[C@@H]1CCC(CO)=C[C@@]21N. The van der Waals surface area contributed by atoms with Gasteiger partial charge in [-0.25, -0.2) is 0 Å². The highest BCUT2D eigenvalue weighted by atomic mass is 16.5. The second kappa shape index (κ2) is 6.65. The number of hydrogen-bond acceptors (Lipinski definition) is 4. The lowest BCUT2D eigenvalue weighted by Gasteiger charge is -2.52. The van der Waals surface area contributed by atoms with E-state index in [0.717, 1.165) is 36.8 Å². The molecule has 0 radical (unpaired) electrons. The van der Waals surface area contributed by atoms with Gasteiger partial charge < -0.3 is 20.7 Å². The van der Waals surface area contributed by atoms with Crippen LogP contribution in [-0.4, -0.2) is 22.4 Å². The molecule has 1 aromatic carbocycles. The number of aliphatic hydroxyl groups excluding tert-OH is 1. The van der Waals surface area contributed by atoms with Crippen molar-refractivity contribution in [2.45, 2.75) is 70.4 Å². The number of aryl methyl sites for hydroxylation is 1. The molecule has 4 nitrogen and oxygen atoms in total. The fourth-order valence-corrected chi connectivity index (χ4v) is 4.62. The van der Waals surface area contributed by atoms with Gasteiger partial charge in [0.15, 0.2) is 0 Å². The molecule has 3 rings (SSSR count). The molecule has 25 heavy (non-hydrogen) atoms. The van der Waals surface area contributed by atoms with Crippen molar-refractivity contribution in [1.29, 1.82) is 0 Å². The van der Waals surface area contributed by atoms with Gasteiger partial charge in [0.2, 0.25) is 0 Å². The zero-order valence-corrected chi connectivity index (χ0v) is 15.6.